The lowest BCUT2D eigenvalue weighted by molar-refractivity contribution is 0.0926. The zero-order valence-corrected chi connectivity index (χ0v) is 13.7. The van der Waals surface area contributed by atoms with E-state index in [0.29, 0.717) is 18.7 Å². The van der Waals surface area contributed by atoms with Gasteiger partial charge in [0.1, 0.15) is 0 Å². The smallest absolute Gasteiger partial charge is 0.254 e. The lowest BCUT2D eigenvalue weighted by Gasteiger charge is -2.14. The van der Waals surface area contributed by atoms with Crippen LogP contribution < -0.4 is 10.6 Å². The fourth-order valence-electron chi connectivity index (χ4n) is 2.71. The summed E-state index contributed by atoms with van der Waals surface area (Å²) in [6, 6.07) is 9.71. The van der Waals surface area contributed by atoms with Gasteiger partial charge in [0.15, 0.2) is 0 Å². The molecule has 124 valence electrons. The first kappa shape index (κ1) is 17.5. The summed E-state index contributed by atoms with van der Waals surface area (Å²) in [5.74, 6) is -0.0906. The quantitative estimate of drug-likeness (QED) is 0.775. The first-order valence-corrected chi connectivity index (χ1v) is 7.44. The van der Waals surface area contributed by atoms with Crippen LogP contribution in [0.4, 0.5) is 0 Å². The summed E-state index contributed by atoms with van der Waals surface area (Å²) in [5, 5.41) is 20.0. The van der Waals surface area contributed by atoms with Gasteiger partial charge in [-0.2, -0.15) is 5.10 Å². The normalized spacial score (nSPS) is 20.1. The van der Waals surface area contributed by atoms with Crippen molar-refractivity contribution in [2.45, 2.75) is 13.0 Å². The van der Waals surface area contributed by atoms with Crippen LogP contribution in [0.5, 0.6) is 0 Å². The molecule has 1 fully saturated rings. The minimum atomic E-state index is -0.395. The molecule has 0 aliphatic carbocycles. The van der Waals surface area contributed by atoms with Crippen LogP contribution in [0, 0.1) is 12.8 Å². The summed E-state index contributed by atoms with van der Waals surface area (Å²) >= 11 is 0. The Morgan fingerprint density at radius 1 is 1.39 bits per heavy atom. The number of carbonyl (C=O) groups excluding carboxylic acids is 1. The number of amides is 1. The van der Waals surface area contributed by atoms with Gasteiger partial charge < -0.3 is 15.7 Å². The van der Waals surface area contributed by atoms with Gasteiger partial charge in [-0.1, -0.05) is 18.2 Å². The Balaban J connectivity index is 0.00000192. The molecule has 3 N–H and O–H groups in total. The molecule has 0 radical (unpaired) electrons. The highest BCUT2D eigenvalue weighted by molar-refractivity contribution is 5.95. The van der Waals surface area contributed by atoms with Gasteiger partial charge in [0.05, 0.1) is 29.2 Å². The Bertz CT molecular complexity index is 659. The average Bonchev–Trinajstić information content (AvgIpc) is 3.12. The molecular weight excluding hydrogens is 316 g/mol. The topological polar surface area (TPSA) is 79.2 Å². The van der Waals surface area contributed by atoms with Crippen LogP contribution in [0.15, 0.2) is 36.5 Å². The van der Waals surface area contributed by atoms with E-state index in [-0.39, 0.29) is 24.2 Å². The Labute approximate surface area is 141 Å². The molecule has 1 aromatic heterocycles. The van der Waals surface area contributed by atoms with E-state index in [2.05, 4.69) is 15.7 Å². The number of aliphatic hydroxyl groups excluding tert-OH is 1. The van der Waals surface area contributed by atoms with Gasteiger partial charge in [-0.15, -0.1) is 12.4 Å². The van der Waals surface area contributed by atoms with Crippen molar-refractivity contribution in [1.82, 2.24) is 20.4 Å². The van der Waals surface area contributed by atoms with Crippen molar-refractivity contribution < 1.29 is 9.90 Å². The van der Waals surface area contributed by atoms with Crippen LogP contribution in [0.1, 0.15) is 16.1 Å². The Kier molecular flexibility index (Phi) is 5.76. The van der Waals surface area contributed by atoms with Crippen molar-refractivity contribution in [3.63, 3.8) is 0 Å². The second-order valence-electron chi connectivity index (χ2n) is 5.59. The zero-order chi connectivity index (χ0) is 15.5. The van der Waals surface area contributed by atoms with Crippen LogP contribution in [0.3, 0.4) is 0 Å². The number of rotatable bonds is 4. The number of aliphatic hydroxyl groups is 1. The van der Waals surface area contributed by atoms with E-state index >= 15 is 0 Å². The van der Waals surface area contributed by atoms with Gasteiger partial charge in [0, 0.05) is 25.6 Å². The fourth-order valence-corrected chi connectivity index (χ4v) is 2.71. The van der Waals surface area contributed by atoms with Gasteiger partial charge >= 0.3 is 0 Å². The molecule has 2 heterocycles. The molecule has 6 nitrogen and oxygen atoms in total. The molecule has 1 aliphatic rings. The van der Waals surface area contributed by atoms with Crippen LogP contribution >= 0.6 is 12.4 Å². The number of carbonyl (C=O) groups is 1. The number of halogens is 1. The van der Waals surface area contributed by atoms with Crippen molar-refractivity contribution in [3.8, 4) is 5.69 Å². The highest BCUT2D eigenvalue weighted by Crippen LogP contribution is 2.14. The van der Waals surface area contributed by atoms with E-state index in [4.69, 9.17) is 0 Å². The predicted octanol–water partition coefficient (Wildman–Crippen LogP) is 0.913. The van der Waals surface area contributed by atoms with Crippen LogP contribution in [0.25, 0.3) is 5.69 Å². The third-order valence-corrected chi connectivity index (χ3v) is 4.08. The maximum Gasteiger partial charge on any atom is 0.254 e. The van der Waals surface area contributed by atoms with Crippen molar-refractivity contribution in [3.05, 3.63) is 47.8 Å². The molecule has 1 amide bonds. The van der Waals surface area contributed by atoms with Gasteiger partial charge in [-0.05, 0) is 19.1 Å². The summed E-state index contributed by atoms with van der Waals surface area (Å²) in [6.45, 7) is 3.65. The van der Waals surface area contributed by atoms with Gasteiger partial charge in [0.25, 0.3) is 5.91 Å². The monoisotopic (exact) mass is 336 g/mol. The Morgan fingerprint density at radius 3 is 2.78 bits per heavy atom. The minimum absolute atomic E-state index is 0. The molecule has 2 unspecified atom stereocenters. The second kappa shape index (κ2) is 7.59. The SMILES string of the molecule is Cc1c(C(=O)NCC2CNCC2O)cnn1-c1ccccc1.Cl. The van der Waals surface area contributed by atoms with Crippen molar-refractivity contribution >= 4 is 18.3 Å². The van der Waals surface area contributed by atoms with E-state index in [1.54, 1.807) is 10.9 Å². The number of hydrogen-bond donors (Lipinski definition) is 3. The molecule has 1 aromatic carbocycles. The standard InChI is InChI=1S/C16H20N4O2.ClH/c1-11-14(9-19-20(11)13-5-3-2-4-6-13)16(22)18-8-12-7-17-10-15(12)21;/h2-6,9,12,15,17,21H,7-8,10H2,1H3,(H,18,22);1H. The molecular formula is C16H21ClN4O2. The number of β-amino-alcohol motifs (C(OH)–C–C–N with tert-alkyl or cyclic N) is 1. The number of para-hydroxylation sites is 1. The fraction of sp³-hybridized carbons (Fsp3) is 0.375. The van der Waals surface area contributed by atoms with Gasteiger partial charge in [-0.25, -0.2) is 4.68 Å². The minimum Gasteiger partial charge on any atom is -0.391 e. The average molecular weight is 337 g/mol. The largest absolute Gasteiger partial charge is 0.391 e. The van der Waals surface area contributed by atoms with E-state index in [0.717, 1.165) is 17.9 Å². The first-order valence-electron chi connectivity index (χ1n) is 7.44. The third kappa shape index (κ3) is 3.72. The third-order valence-electron chi connectivity index (χ3n) is 4.08. The van der Waals surface area contributed by atoms with Crippen molar-refractivity contribution in [2.24, 2.45) is 5.92 Å². The molecule has 0 spiro atoms. The number of aromatic nitrogens is 2. The zero-order valence-electron chi connectivity index (χ0n) is 12.9. The predicted molar refractivity (Wildman–Crippen MR) is 90.2 cm³/mol. The molecule has 3 rings (SSSR count). The lowest BCUT2D eigenvalue weighted by atomic mass is 10.1. The Hall–Kier alpha value is -1.89. The molecule has 0 bridgehead atoms. The maximum atomic E-state index is 12.3. The first-order chi connectivity index (χ1) is 10.7. The second-order valence-corrected chi connectivity index (χ2v) is 5.59. The van der Waals surface area contributed by atoms with Crippen molar-refractivity contribution in [1.29, 1.82) is 0 Å². The molecule has 1 saturated heterocycles. The highest BCUT2D eigenvalue weighted by Gasteiger charge is 2.25. The Morgan fingerprint density at radius 2 is 2.13 bits per heavy atom. The van der Waals surface area contributed by atoms with Crippen molar-refractivity contribution in [2.75, 3.05) is 19.6 Å². The molecule has 0 saturated carbocycles. The summed E-state index contributed by atoms with van der Waals surface area (Å²) in [4.78, 5) is 12.3. The summed E-state index contributed by atoms with van der Waals surface area (Å²) in [5.41, 5.74) is 2.28. The summed E-state index contributed by atoms with van der Waals surface area (Å²) in [6.07, 6.45) is 1.19. The number of hydrogen-bond acceptors (Lipinski definition) is 4. The summed E-state index contributed by atoms with van der Waals surface area (Å²) in [7, 11) is 0. The van der Waals surface area contributed by atoms with E-state index in [1.165, 1.54) is 0 Å². The number of nitrogens with one attached hydrogen (secondary N) is 2. The maximum absolute atomic E-state index is 12.3. The van der Waals surface area contributed by atoms with E-state index < -0.39 is 6.10 Å². The van der Waals surface area contributed by atoms with E-state index in [1.807, 2.05) is 37.3 Å². The number of benzene rings is 1. The number of nitrogens with zero attached hydrogens (tertiary/aromatic N) is 2. The molecule has 2 aromatic rings. The van der Waals surface area contributed by atoms with Gasteiger partial charge in [-0.3, -0.25) is 4.79 Å². The van der Waals surface area contributed by atoms with Gasteiger partial charge in [0.2, 0.25) is 0 Å². The van der Waals surface area contributed by atoms with E-state index in [9.17, 15) is 9.90 Å². The summed E-state index contributed by atoms with van der Waals surface area (Å²) < 4.78 is 1.75. The highest BCUT2D eigenvalue weighted by atomic mass is 35.5. The van der Waals surface area contributed by atoms with Crippen LogP contribution in [0.2, 0.25) is 0 Å². The van der Waals surface area contributed by atoms with Crippen LogP contribution in [-0.2, 0) is 0 Å². The molecule has 1 aliphatic heterocycles. The molecule has 7 heteroatoms. The molecule has 2 atom stereocenters. The lowest BCUT2D eigenvalue weighted by Crippen LogP contribution is -2.34. The van der Waals surface area contributed by atoms with Crippen LogP contribution in [-0.4, -0.2) is 46.5 Å². The molecule has 23 heavy (non-hydrogen) atoms.